The maximum atomic E-state index is 10.9. The fourth-order valence-electron chi connectivity index (χ4n) is 2.97. The van der Waals surface area contributed by atoms with Gasteiger partial charge in [-0.15, -0.1) is 0 Å². The minimum absolute atomic E-state index is 0.389. The number of aldehydes is 1. The number of pyridine rings is 1. The van der Waals surface area contributed by atoms with Crippen LogP contribution in [0.4, 0.5) is 11.4 Å². The van der Waals surface area contributed by atoms with Crippen molar-refractivity contribution in [3.63, 3.8) is 0 Å². The van der Waals surface area contributed by atoms with Gasteiger partial charge in [-0.1, -0.05) is 0 Å². The molecule has 0 bridgehead atoms. The van der Waals surface area contributed by atoms with Crippen LogP contribution in [0.1, 0.15) is 21.5 Å². The molecule has 0 radical (unpaired) electrons. The number of aromatic nitrogens is 2. The summed E-state index contributed by atoms with van der Waals surface area (Å²) in [7, 11) is 0. The summed E-state index contributed by atoms with van der Waals surface area (Å²) in [5.74, 6) is 0.472. The molecule has 3 aromatic heterocycles. The number of nitrogens with zero attached hydrogens (tertiary/aromatic N) is 2. The SMILES string of the molecule is Cc1c(Nc2c(C#N)cncc2-c2cc(C=O)co2)ccc2[nH]ccc12. The van der Waals surface area contributed by atoms with Gasteiger partial charge in [0.25, 0.3) is 0 Å². The van der Waals surface area contributed by atoms with E-state index in [9.17, 15) is 10.1 Å². The standard InChI is InChI=1S/C20H14N4O2/c1-12-15-4-5-23-18(15)3-2-17(12)24-20-14(7-21)8-22-9-16(20)19-6-13(10-25)11-26-19/h2-6,8-11,23H,1H3,(H,22,24). The van der Waals surface area contributed by atoms with Gasteiger partial charge in [0.05, 0.1) is 22.4 Å². The van der Waals surface area contributed by atoms with Gasteiger partial charge in [0.2, 0.25) is 0 Å². The maximum Gasteiger partial charge on any atom is 0.153 e. The molecule has 1 aromatic carbocycles. The minimum Gasteiger partial charge on any atom is -0.463 e. The number of hydrogen-bond acceptors (Lipinski definition) is 5. The molecule has 0 aliphatic carbocycles. The maximum absolute atomic E-state index is 10.9. The number of furan rings is 1. The van der Waals surface area contributed by atoms with Crippen molar-refractivity contribution >= 4 is 28.6 Å². The molecule has 0 fully saturated rings. The van der Waals surface area contributed by atoms with Gasteiger partial charge in [-0.2, -0.15) is 5.26 Å². The van der Waals surface area contributed by atoms with Crippen LogP contribution in [-0.4, -0.2) is 16.3 Å². The van der Waals surface area contributed by atoms with Crippen LogP contribution in [0.2, 0.25) is 0 Å². The summed E-state index contributed by atoms with van der Waals surface area (Å²) < 4.78 is 5.48. The van der Waals surface area contributed by atoms with Crippen molar-refractivity contribution in [1.82, 2.24) is 9.97 Å². The predicted octanol–water partition coefficient (Wildman–Crippen LogP) is 4.56. The molecular formula is C20H14N4O2. The van der Waals surface area contributed by atoms with Crippen LogP contribution in [0.5, 0.6) is 0 Å². The number of carbonyl (C=O) groups is 1. The van der Waals surface area contributed by atoms with Crippen molar-refractivity contribution in [3.8, 4) is 17.4 Å². The third-order valence-electron chi connectivity index (χ3n) is 4.35. The molecule has 0 spiro atoms. The van der Waals surface area contributed by atoms with Crippen molar-refractivity contribution in [2.45, 2.75) is 6.92 Å². The largest absolute Gasteiger partial charge is 0.463 e. The molecular weight excluding hydrogens is 328 g/mol. The highest BCUT2D eigenvalue weighted by molar-refractivity contribution is 5.91. The number of aryl methyl sites for hydroxylation is 1. The molecule has 2 N–H and O–H groups in total. The van der Waals surface area contributed by atoms with Crippen molar-refractivity contribution in [3.05, 3.63) is 65.8 Å². The molecule has 0 unspecified atom stereocenters. The van der Waals surface area contributed by atoms with E-state index in [1.807, 2.05) is 31.3 Å². The Morgan fingerprint density at radius 2 is 2.19 bits per heavy atom. The number of carbonyl (C=O) groups excluding carboxylic acids is 1. The third-order valence-corrected chi connectivity index (χ3v) is 4.35. The van der Waals surface area contributed by atoms with Crippen LogP contribution in [0.15, 0.2) is 53.5 Å². The Kier molecular flexibility index (Phi) is 3.75. The lowest BCUT2D eigenvalue weighted by Gasteiger charge is -2.14. The van der Waals surface area contributed by atoms with Gasteiger partial charge in [-0.05, 0) is 36.8 Å². The Labute approximate surface area is 149 Å². The first-order valence-electron chi connectivity index (χ1n) is 7.97. The molecule has 0 atom stereocenters. The highest BCUT2D eigenvalue weighted by Gasteiger charge is 2.16. The Balaban J connectivity index is 1.85. The van der Waals surface area contributed by atoms with Gasteiger partial charge >= 0.3 is 0 Å². The predicted molar refractivity (Wildman–Crippen MR) is 98.4 cm³/mol. The van der Waals surface area contributed by atoms with E-state index >= 15 is 0 Å². The summed E-state index contributed by atoms with van der Waals surface area (Å²) in [6.07, 6.45) is 7.10. The summed E-state index contributed by atoms with van der Waals surface area (Å²) in [5, 5.41) is 14.0. The van der Waals surface area contributed by atoms with E-state index in [-0.39, 0.29) is 0 Å². The normalized spacial score (nSPS) is 10.6. The second-order valence-electron chi connectivity index (χ2n) is 5.89. The van der Waals surface area contributed by atoms with Gasteiger partial charge in [-0.3, -0.25) is 9.78 Å². The number of H-pyrrole nitrogens is 1. The molecule has 0 saturated heterocycles. The Bertz CT molecular complexity index is 1160. The molecule has 0 amide bonds. The van der Waals surface area contributed by atoms with Gasteiger partial charge in [0.1, 0.15) is 18.1 Å². The zero-order valence-corrected chi connectivity index (χ0v) is 13.9. The molecule has 0 saturated carbocycles. The number of anilines is 2. The number of benzene rings is 1. The van der Waals surface area contributed by atoms with E-state index in [0.717, 1.165) is 22.2 Å². The van der Waals surface area contributed by atoms with E-state index in [2.05, 4.69) is 21.4 Å². The van der Waals surface area contributed by atoms with E-state index < -0.39 is 0 Å². The zero-order valence-electron chi connectivity index (χ0n) is 13.9. The van der Waals surface area contributed by atoms with Gasteiger partial charge in [0, 0.05) is 35.2 Å². The first kappa shape index (κ1) is 15.7. The highest BCUT2D eigenvalue weighted by atomic mass is 16.3. The number of rotatable bonds is 4. The molecule has 26 heavy (non-hydrogen) atoms. The smallest absolute Gasteiger partial charge is 0.153 e. The number of nitriles is 1. The minimum atomic E-state index is 0.389. The first-order valence-corrected chi connectivity index (χ1v) is 7.97. The average Bonchev–Trinajstić information content (AvgIpc) is 3.33. The second-order valence-corrected chi connectivity index (χ2v) is 5.89. The molecule has 126 valence electrons. The Hall–Kier alpha value is -3.85. The Morgan fingerprint density at radius 3 is 2.96 bits per heavy atom. The lowest BCUT2D eigenvalue weighted by Crippen LogP contribution is -1.99. The average molecular weight is 342 g/mol. The van der Waals surface area contributed by atoms with Crippen molar-refractivity contribution in [2.24, 2.45) is 0 Å². The van der Waals surface area contributed by atoms with E-state index in [4.69, 9.17) is 4.42 Å². The second kappa shape index (κ2) is 6.22. The number of hydrogen-bond donors (Lipinski definition) is 2. The fourth-order valence-corrected chi connectivity index (χ4v) is 2.97. The molecule has 3 heterocycles. The summed E-state index contributed by atoms with van der Waals surface area (Å²) in [4.78, 5) is 18.2. The van der Waals surface area contributed by atoms with Crippen LogP contribution in [0.25, 0.3) is 22.2 Å². The van der Waals surface area contributed by atoms with Crippen LogP contribution < -0.4 is 5.32 Å². The van der Waals surface area contributed by atoms with Crippen molar-refractivity contribution in [1.29, 1.82) is 5.26 Å². The zero-order chi connectivity index (χ0) is 18.1. The number of aromatic amines is 1. The van der Waals surface area contributed by atoms with Crippen molar-refractivity contribution < 1.29 is 9.21 Å². The highest BCUT2D eigenvalue weighted by Crippen LogP contribution is 2.35. The molecule has 6 nitrogen and oxygen atoms in total. The topological polar surface area (TPSA) is 94.7 Å². The first-order chi connectivity index (χ1) is 12.7. The number of nitrogens with one attached hydrogen (secondary N) is 2. The van der Waals surface area contributed by atoms with E-state index in [1.165, 1.54) is 12.5 Å². The van der Waals surface area contributed by atoms with Gasteiger partial charge in [-0.25, -0.2) is 0 Å². The molecule has 0 aliphatic heterocycles. The summed E-state index contributed by atoms with van der Waals surface area (Å²) in [6.45, 7) is 2.02. The molecule has 6 heteroatoms. The van der Waals surface area contributed by atoms with Gasteiger partial charge in [0.15, 0.2) is 6.29 Å². The summed E-state index contributed by atoms with van der Waals surface area (Å²) in [6, 6.07) is 9.73. The molecule has 4 aromatic rings. The summed E-state index contributed by atoms with van der Waals surface area (Å²) in [5.41, 5.74) is 5.01. The third kappa shape index (κ3) is 2.52. The lowest BCUT2D eigenvalue weighted by molar-refractivity contribution is 0.112. The van der Waals surface area contributed by atoms with E-state index in [0.29, 0.717) is 34.4 Å². The lowest BCUT2D eigenvalue weighted by atomic mass is 10.1. The molecule has 0 aliphatic rings. The monoisotopic (exact) mass is 342 g/mol. The quantitative estimate of drug-likeness (QED) is 0.530. The van der Waals surface area contributed by atoms with Gasteiger partial charge < -0.3 is 14.7 Å². The summed E-state index contributed by atoms with van der Waals surface area (Å²) >= 11 is 0. The van der Waals surface area contributed by atoms with Crippen LogP contribution in [0.3, 0.4) is 0 Å². The fraction of sp³-hybridized carbons (Fsp3) is 0.0500. The van der Waals surface area contributed by atoms with Crippen LogP contribution >= 0.6 is 0 Å². The molecule has 4 rings (SSSR count). The van der Waals surface area contributed by atoms with Crippen molar-refractivity contribution in [2.75, 3.05) is 5.32 Å². The Morgan fingerprint density at radius 1 is 1.31 bits per heavy atom. The number of fused-ring (bicyclic) bond motifs is 1. The van der Waals surface area contributed by atoms with Crippen LogP contribution in [0, 0.1) is 18.3 Å². The van der Waals surface area contributed by atoms with E-state index in [1.54, 1.807) is 12.3 Å². The van der Waals surface area contributed by atoms with Crippen LogP contribution in [-0.2, 0) is 0 Å².